The third kappa shape index (κ3) is 5.59. The summed E-state index contributed by atoms with van der Waals surface area (Å²) in [7, 11) is 0. The van der Waals surface area contributed by atoms with Crippen LogP contribution in [0.15, 0.2) is 39.8 Å². The van der Waals surface area contributed by atoms with Crippen molar-refractivity contribution in [2.45, 2.75) is 91.6 Å². The SMILES string of the molecule is CC(=O)OC[C@@]1(C)[C@@H]2C[C@H](OC(C)=O)[C@@]3(C)Oc4cc(-c5cccnc5)oc(=O)c4[C@H](OC(C)=O)[C@@H]3[C@@]2(C)CC[C@@H]1OC(C)=O. The second-order valence-corrected chi connectivity index (χ2v) is 13.0. The topological polar surface area (TPSA) is 158 Å². The first kappa shape index (κ1) is 32.2. The van der Waals surface area contributed by atoms with E-state index in [1.54, 1.807) is 37.5 Å². The number of aromatic nitrogens is 1. The van der Waals surface area contributed by atoms with Crippen molar-refractivity contribution in [2.75, 3.05) is 6.61 Å². The van der Waals surface area contributed by atoms with Gasteiger partial charge in [-0.3, -0.25) is 24.2 Å². The number of ether oxygens (including phenoxy) is 5. The number of hydrogen-bond donors (Lipinski definition) is 0. The van der Waals surface area contributed by atoms with E-state index in [0.717, 1.165) is 0 Å². The summed E-state index contributed by atoms with van der Waals surface area (Å²) >= 11 is 0. The first-order chi connectivity index (χ1) is 21.1. The predicted octanol–water partition coefficient (Wildman–Crippen LogP) is 4.33. The Balaban J connectivity index is 1.73. The van der Waals surface area contributed by atoms with Crippen LogP contribution in [-0.2, 0) is 38.1 Å². The molecule has 0 unspecified atom stereocenters. The molecule has 0 amide bonds. The van der Waals surface area contributed by atoms with Crippen molar-refractivity contribution in [3.63, 3.8) is 0 Å². The fraction of sp³-hybridized carbons (Fsp3) is 0.576. The zero-order valence-corrected chi connectivity index (χ0v) is 26.5. The van der Waals surface area contributed by atoms with Crippen LogP contribution in [0.1, 0.15) is 79.4 Å². The van der Waals surface area contributed by atoms with Crippen molar-refractivity contribution < 1.29 is 47.3 Å². The Hall–Kier alpha value is -4.22. The first-order valence-electron chi connectivity index (χ1n) is 15.0. The second kappa shape index (κ2) is 11.6. The highest BCUT2D eigenvalue weighted by molar-refractivity contribution is 5.68. The minimum Gasteiger partial charge on any atom is -0.482 e. The molecular formula is C33H39NO11. The number of pyridine rings is 1. The smallest absolute Gasteiger partial charge is 0.347 e. The summed E-state index contributed by atoms with van der Waals surface area (Å²) < 4.78 is 35.8. The number of esters is 4. The zero-order valence-electron chi connectivity index (χ0n) is 26.5. The van der Waals surface area contributed by atoms with E-state index < -0.39 is 76.1 Å². The summed E-state index contributed by atoms with van der Waals surface area (Å²) in [5, 5.41) is 0. The van der Waals surface area contributed by atoms with Gasteiger partial charge in [-0.05, 0) is 49.7 Å². The number of fused-ring (bicyclic) bond motifs is 4. The maximum absolute atomic E-state index is 13.8. The van der Waals surface area contributed by atoms with E-state index in [0.29, 0.717) is 18.4 Å². The van der Waals surface area contributed by atoms with Crippen molar-refractivity contribution in [1.29, 1.82) is 0 Å². The molecule has 2 saturated carbocycles. The van der Waals surface area contributed by atoms with Crippen LogP contribution >= 0.6 is 0 Å². The van der Waals surface area contributed by atoms with Gasteiger partial charge in [0.25, 0.3) is 0 Å². The van der Waals surface area contributed by atoms with Crippen LogP contribution in [-0.4, -0.2) is 53.3 Å². The maximum Gasteiger partial charge on any atom is 0.347 e. The molecule has 0 radical (unpaired) electrons. The molecule has 12 heteroatoms. The van der Waals surface area contributed by atoms with Gasteiger partial charge in [-0.25, -0.2) is 4.79 Å². The van der Waals surface area contributed by atoms with Crippen molar-refractivity contribution >= 4 is 23.9 Å². The quantitative estimate of drug-likeness (QED) is 0.331. The molecule has 2 aromatic heterocycles. The molecule has 3 heterocycles. The van der Waals surface area contributed by atoms with Crippen LogP contribution in [0, 0.1) is 22.7 Å². The lowest BCUT2D eigenvalue weighted by atomic mass is 9.42. The van der Waals surface area contributed by atoms with E-state index in [4.69, 9.17) is 28.1 Å². The summed E-state index contributed by atoms with van der Waals surface area (Å²) in [5.74, 6) is -2.99. The Morgan fingerprint density at radius 2 is 1.62 bits per heavy atom. The summed E-state index contributed by atoms with van der Waals surface area (Å²) in [6, 6.07) is 4.99. The molecule has 5 rings (SSSR count). The van der Waals surface area contributed by atoms with Gasteiger partial charge in [0, 0.05) is 63.1 Å². The molecule has 45 heavy (non-hydrogen) atoms. The Morgan fingerprint density at radius 1 is 0.956 bits per heavy atom. The molecule has 0 spiro atoms. The largest absolute Gasteiger partial charge is 0.482 e. The first-order valence-corrected chi connectivity index (χ1v) is 15.0. The number of carbonyl (C=O) groups is 4. The Kier molecular flexibility index (Phi) is 8.30. The standard InChI is InChI=1S/C33H39NO11/c1-17(35)40-16-32(6)24-14-26(42-19(3)37)33(7)29(31(24,5)11-10-25(32)41-18(2)36)28(43-20(4)38)27-23(45-33)13-22(44-30(27)39)21-9-8-12-34-15-21/h8-9,12-13,15,24-26,28-29H,10-11,14,16H2,1-7H3/t24-,25+,26+,28+,29-,31+,32+,33-/m1/s1. The van der Waals surface area contributed by atoms with Crippen molar-refractivity contribution in [2.24, 2.45) is 22.7 Å². The molecular weight excluding hydrogens is 586 g/mol. The lowest BCUT2D eigenvalue weighted by Gasteiger charge is -2.66. The minimum absolute atomic E-state index is 0.0348. The van der Waals surface area contributed by atoms with Gasteiger partial charge in [0.05, 0.1) is 0 Å². The molecule has 2 aliphatic carbocycles. The molecule has 0 bridgehead atoms. The third-order valence-electron chi connectivity index (χ3n) is 10.00. The molecule has 2 fully saturated rings. The van der Waals surface area contributed by atoms with Gasteiger partial charge in [0.15, 0.2) is 5.60 Å². The van der Waals surface area contributed by atoms with Crippen LogP contribution in [0.3, 0.4) is 0 Å². The Labute approximate surface area is 260 Å². The molecule has 1 aliphatic heterocycles. The fourth-order valence-corrected chi connectivity index (χ4v) is 8.31. The highest BCUT2D eigenvalue weighted by Crippen LogP contribution is 2.68. The van der Waals surface area contributed by atoms with E-state index in [1.165, 1.54) is 27.7 Å². The van der Waals surface area contributed by atoms with E-state index in [9.17, 15) is 24.0 Å². The summed E-state index contributed by atoms with van der Waals surface area (Å²) in [6.45, 7) is 10.8. The molecule has 8 atom stereocenters. The summed E-state index contributed by atoms with van der Waals surface area (Å²) in [6.07, 6.45) is 1.56. The molecule has 12 nitrogen and oxygen atoms in total. The van der Waals surface area contributed by atoms with Crippen LogP contribution in [0.2, 0.25) is 0 Å². The average molecular weight is 626 g/mol. The number of rotatable bonds is 6. The molecule has 2 aromatic rings. The van der Waals surface area contributed by atoms with E-state index in [-0.39, 0.29) is 30.1 Å². The molecule has 3 aliphatic rings. The summed E-state index contributed by atoms with van der Waals surface area (Å²) in [5.41, 5.74) is -3.18. The normalized spacial score (nSPS) is 33.3. The van der Waals surface area contributed by atoms with Crippen LogP contribution in [0.25, 0.3) is 11.3 Å². The third-order valence-corrected chi connectivity index (χ3v) is 10.00. The number of nitrogens with zero attached hydrogens (tertiary/aromatic N) is 1. The average Bonchev–Trinajstić information content (AvgIpc) is 2.94. The summed E-state index contributed by atoms with van der Waals surface area (Å²) in [4.78, 5) is 67.4. The second-order valence-electron chi connectivity index (χ2n) is 13.0. The molecule has 0 N–H and O–H groups in total. The van der Waals surface area contributed by atoms with Crippen LogP contribution in [0.4, 0.5) is 0 Å². The van der Waals surface area contributed by atoms with Crippen LogP contribution < -0.4 is 10.4 Å². The number of hydrogen-bond acceptors (Lipinski definition) is 12. The highest BCUT2D eigenvalue weighted by Gasteiger charge is 2.71. The van der Waals surface area contributed by atoms with E-state index in [2.05, 4.69) is 4.98 Å². The van der Waals surface area contributed by atoms with Gasteiger partial charge < -0.3 is 28.1 Å². The highest BCUT2D eigenvalue weighted by atomic mass is 16.6. The van der Waals surface area contributed by atoms with Gasteiger partial charge in [-0.2, -0.15) is 0 Å². The molecule has 0 aromatic carbocycles. The lowest BCUT2D eigenvalue weighted by Crippen LogP contribution is -2.71. The van der Waals surface area contributed by atoms with Gasteiger partial charge >= 0.3 is 29.5 Å². The molecule has 242 valence electrons. The monoisotopic (exact) mass is 625 g/mol. The van der Waals surface area contributed by atoms with Gasteiger partial charge in [-0.15, -0.1) is 0 Å². The Morgan fingerprint density at radius 3 is 2.22 bits per heavy atom. The zero-order chi connectivity index (χ0) is 32.9. The predicted molar refractivity (Wildman–Crippen MR) is 157 cm³/mol. The van der Waals surface area contributed by atoms with Crippen LogP contribution in [0.5, 0.6) is 5.75 Å². The van der Waals surface area contributed by atoms with Crippen molar-refractivity contribution in [3.05, 3.63) is 46.6 Å². The van der Waals surface area contributed by atoms with Gasteiger partial charge in [0.2, 0.25) is 0 Å². The van der Waals surface area contributed by atoms with Gasteiger partial charge in [-0.1, -0.05) is 13.8 Å². The fourth-order valence-electron chi connectivity index (χ4n) is 8.31. The van der Waals surface area contributed by atoms with Gasteiger partial charge in [0.1, 0.15) is 42.0 Å². The molecule has 0 saturated heterocycles. The lowest BCUT2D eigenvalue weighted by molar-refractivity contribution is -0.273. The van der Waals surface area contributed by atoms with E-state index in [1.807, 2.05) is 13.8 Å². The van der Waals surface area contributed by atoms with E-state index >= 15 is 0 Å². The van der Waals surface area contributed by atoms with Crippen molar-refractivity contribution in [1.82, 2.24) is 4.98 Å². The number of carbonyl (C=O) groups excluding carboxylic acids is 4. The minimum atomic E-state index is -1.29. The maximum atomic E-state index is 13.8. The van der Waals surface area contributed by atoms with Crippen molar-refractivity contribution in [3.8, 4) is 17.1 Å². The Bertz CT molecular complexity index is 1570.